The molecule has 3 rings (SSSR count). The van der Waals surface area contributed by atoms with Crippen LogP contribution in [0.15, 0.2) is 48.5 Å². The molecule has 0 saturated heterocycles. The maximum Gasteiger partial charge on any atom is 0.394 e. The molecule has 0 atom stereocenters. The van der Waals surface area contributed by atoms with Crippen molar-refractivity contribution in [1.82, 2.24) is 4.98 Å². The fourth-order valence-corrected chi connectivity index (χ4v) is 1.80. The second-order valence-corrected chi connectivity index (χ2v) is 4.56. The molecule has 0 fully saturated rings. The molecular formula is C12H11NO4S. The van der Waals surface area contributed by atoms with Crippen molar-refractivity contribution in [3.8, 4) is 0 Å². The molecular weight excluding hydrogens is 254 g/mol. The van der Waals surface area contributed by atoms with Crippen LogP contribution < -0.4 is 0 Å². The molecule has 1 heterocycles. The van der Waals surface area contributed by atoms with Crippen LogP contribution in [-0.2, 0) is 10.4 Å². The second kappa shape index (κ2) is 4.77. The molecule has 2 aromatic carbocycles. The first-order chi connectivity index (χ1) is 8.45. The third-order valence-corrected chi connectivity index (χ3v) is 2.41. The van der Waals surface area contributed by atoms with E-state index in [4.69, 9.17) is 17.5 Å². The Kier molecular flexibility index (Phi) is 3.33. The van der Waals surface area contributed by atoms with Crippen LogP contribution >= 0.6 is 0 Å². The molecule has 0 amide bonds. The molecule has 18 heavy (non-hydrogen) atoms. The van der Waals surface area contributed by atoms with Crippen LogP contribution in [0.4, 0.5) is 0 Å². The highest BCUT2D eigenvalue weighted by atomic mass is 32.3. The summed E-state index contributed by atoms with van der Waals surface area (Å²) in [6.07, 6.45) is 0. The monoisotopic (exact) mass is 265 g/mol. The van der Waals surface area contributed by atoms with Crippen molar-refractivity contribution < 1.29 is 17.5 Å². The SMILES string of the molecule is O=S(=O)(O)O.c1ccc2c(c1)[nH]c1ccccc12. The van der Waals surface area contributed by atoms with Gasteiger partial charge in [-0.1, -0.05) is 36.4 Å². The molecule has 0 aliphatic rings. The Labute approximate surface area is 104 Å². The second-order valence-electron chi connectivity index (χ2n) is 3.66. The molecule has 0 bridgehead atoms. The van der Waals surface area contributed by atoms with Crippen LogP contribution in [0.2, 0.25) is 0 Å². The van der Waals surface area contributed by atoms with Crippen molar-refractivity contribution in [3.63, 3.8) is 0 Å². The largest absolute Gasteiger partial charge is 0.394 e. The van der Waals surface area contributed by atoms with Crippen molar-refractivity contribution in [1.29, 1.82) is 0 Å². The molecule has 0 spiro atoms. The van der Waals surface area contributed by atoms with Crippen LogP contribution in [0.5, 0.6) is 0 Å². The molecule has 6 heteroatoms. The number of para-hydroxylation sites is 2. The minimum Gasteiger partial charge on any atom is -0.355 e. The predicted octanol–water partition coefficient (Wildman–Crippen LogP) is 2.67. The Balaban J connectivity index is 0.000000209. The summed E-state index contributed by atoms with van der Waals surface area (Å²) in [6, 6.07) is 16.8. The van der Waals surface area contributed by atoms with Gasteiger partial charge in [-0.25, -0.2) is 0 Å². The first-order valence-corrected chi connectivity index (χ1v) is 6.50. The Morgan fingerprint density at radius 3 is 1.50 bits per heavy atom. The number of H-pyrrole nitrogens is 1. The first kappa shape index (κ1) is 12.6. The summed E-state index contributed by atoms with van der Waals surface area (Å²) in [5.74, 6) is 0. The lowest BCUT2D eigenvalue weighted by atomic mass is 10.2. The van der Waals surface area contributed by atoms with E-state index in [-0.39, 0.29) is 0 Å². The molecule has 3 aromatic rings. The molecule has 1 aromatic heterocycles. The Hall–Kier alpha value is -1.89. The van der Waals surface area contributed by atoms with Crippen LogP contribution in [-0.4, -0.2) is 22.5 Å². The standard InChI is InChI=1S/C12H9N.H2O4S/c1-3-7-11-9(5-1)10-6-2-4-8-12(10)13-11;1-5(2,3)4/h1-8,13H;(H2,1,2,3,4). The maximum atomic E-state index is 8.74. The van der Waals surface area contributed by atoms with Gasteiger partial charge in [0, 0.05) is 21.8 Å². The minimum absolute atomic E-state index is 1.21. The quantitative estimate of drug-likeness (QED) is 0.545. The smallest absolute Gasteiger partial charge is 0.355 e. The average molecular weight is 265 g/mol. The molecule has 0 aliphatic heterocycles. The van der Waals surface area contributed by atoms with Gasteiger partial charge in [0.1, 0.15) is 0 Å². The number of hydrogen-bond acceptors (Lipinski definition) is 2. The van der Waals surface area contributed by atoms with E-state index in [0.717, 1.165) is 0 Å². The molecule has 94 valence electrons. The summed E-state index contributed by atoms with van der Waals surface area (Å²) < 4.78 is 31.6. The number of rotatable bonds is 0. The zero-order chi connectivity index (χ0) is 13.2. The van der Waals surface area contributed by atoms with E-state index in [2.05, 4.69) is 53.5 Å². The van der Waals surface area contributed by atoms with E-state index < -0.39 is 10.4 Å². The van der Waals surface area contributed by atoms with Crippen LogP contribution in [0.25, 0.3) is 21.8 Å². The first-order valence-electron chi connectivity index (χ1n) is 5.10. The van der Waals surface area contributed by atoms with Gasteiger partial charge in [-0.3, -0.25) is 9.11 Å². The van der Waals surface area contributed by atoms with Gasteiger partial charge in [-0.05, 0) is 12.1 Å². The lowest BCUT2D eigenvalue weighted by Crippen LogP contribution is -1.89. The third-order valence-electron chi connectivity index (χ3n) is 2.41. The highest BCUT2D eigenvalue weighted by Gasteiger charge is 2.00. The summed E-state index contributed by atoms with van der Waals surface area (Å²) in [4.78, 5) is 3.38. The molecule has 0 aliphatic carbocycles. The van der Waals surface area contributed by atoms with Crippen molar-refractivity contribution in [3.05, 3.63) is 48.5 Å². The lowest BCUT2D eigenvalue weighted by Gasteiger charge is -1.87. The molecule has 0 unspecified atom stereocenters. The molecule has 0 radical (unpaired) electrons. The van der Waals surface area contributed by atoms with E-state index in [9.17, 15) is 0 Å². The van der Waals surface area contributed by atoms with Crippen LogP contribution in [0.3, 0.4) is 0 Å². The van der Waals surface area contributed by atoms with Gasteiger partial charge in [-0.2, -0.15) is 8.42 Å². The zero-order valence-corrected chi connectivity index (χ0v) is 10.1. The van der Waals surface area contributed by atoms with E-state index in [1.165, 1.54) is 21.8 Å². The van der Waals surface area contributed by atoms with E-state index in [1.54, 1.807) is 0 Å². The van der Waals surface area contributed by atoms with Gasteiger partial charge in [0.2, 0.25) is 0 Å². The van der Waals surface area contributed by atoms with Gasteiger partial charge in [0.05, 0.1) is 0 Å². The normalized spacial score (nSPS) is 11.2. The summed E-state index contributed by atoms with van der Waals surface area (Å²) in [7, 11) is -4.67. The maximum absolute atomic E-state index is 8.74. The Bertz CT molecular complexity index is 718. The third kappa shape index (κ3) is 3.07. The summed E-state index contributed by atoms with van der Waals surface area (Å²) >= 11 is 0. The number of nitrogens with one attached hydrogen (secondary N) is 1. The van der Waals surface area contributed by atoms with Gasteiger partial charge >= 0.3 is 10.4 Å². The van der Waals surface area contributed by atoms with Gasteiger partial charge in [-0.15, -0.1) is 0 Å². The van der Waals surface area contributed by atoms with Crippen molar-refractivity contribution in [2.45, 2.75) is 0 Å². The van der Waals surface area contributed by atoms with E-state index in [1.807, 2.05) is 0 Å². The number of aromatic amines is 1. The fourth-order valence-electron chi connectivity index (χ4n) is 1.80. The number of aromatic nitrogens is 1. The van der Waals surface area contributed by atoms with E-state index >= 15 is 0 Å². The van der Waals surface area contributed by atoms with Crippen LogP contribution in [0.1, 0.15) is 0 Å². The van der Waals surface area contributed by atoms with Gasteiger partial charge < -0.3 is 4.98 Å². The Morgan fingerprint density at radius 1 is 0.778 bits per heavy atom. The van der Waals surface area contributed by atoms with Gasteiger partial charge in [0.15, 0.2) is 0 Å². The predicted molar refractivity (Wildman–Crippen MR) is 70.0 cm³/mol. The Morgan fingerprint density at radius 2 is 1.11 bits per heavy atom. The lowest BCUT2D eigenvalue weighted by molar-refractivity contribution is 0.381. The van der Waals surface area contributed by atoms with Gasteiger partial charge in [0.25, 0.3) is 0 Å². The number of benzene rings is 2. The number of fused-ring (bicyclic) bond motifs is 3. The summed E-state index contributed by atoms with van der Waals surface area (Å²) in [6.45, 7) is 0. The number of hydrogen-bond donors (Lipinski definition) is 3. The van der Waals surface area contributed by atoms with Crippen molar-refractivity contribution in [2.75, 3.05) is 0 Å². The topological polar surface area (TPSA) is 90.4 Å². The van der Waals surface area contributed by atoms with Crippen molar-refractivity contribution in [2.24, 2.45) is 0 Å². The van der Waals surface area contributed by atoms with Crippen LogP contribution in [0, 0.1) is 0 Å². The highest BCUT2D eigenvalue weighted by molar-refractivity contribution is 7.79. The summed E-state index contributed by atoms with van der Waals surface area (Å²) in [5.41, 5.74) is 2.42. The fraction of sp³-hybridized carbons (Fsp3) is 0. The average Bonchev–Trinajstić information content (AvgIpc) is 2.65. The minimum atomic E-state index is -4.67. The molecule has 0 saturated carbocycles. The highest BCUT2D eigenvalue weighted by Crippen LogP contribution is 2.24. The molecule has 3 N–H and O–H groups in total. The van der Waals surface area contributed by atoms with Crippen molar-refractivity contribution >= 4 is 32.2 Å². The van der Waals surface area contributed by atoms with E-state index in [0.29, 0.717) is 0 Å². The summed E-state index contributed by atoms with van der Waals surface area (Å²) in [5, 5.41) is 2.61. The molecule has 5 nitrogen and oxygen atoms in total. The zero-order valence-electron chi connectivity index (χ0n) is 9.24.